The van der Waals surface area contributed by atoms with E-state index in [2.05, 4.69) is 11.1 Å². The van der Waals surface area contributed by atoms with Crippen molar-refractivity contribution in [3.8, 4) is 0 Å². The summed E-state index contributed by atoms with van der Waals surface area (Å²) in [5.41, 5.74) is 4.74. The van der Waals surface area contributed by atoms with Crippen molar-refractivity contribution in [2.75, 3.05) is 0 Å². The van der Waals surface area contributed by atoms with Gasteiger partial charge in [0, 0.05) is 11.4 Å². The summed E-state index contributed by atoms with van der Waals surface area (Å²) in [4.78, 5) is 3.70. The smallest absolute Gasteiger partial charge is 0.0183 e. The molecule has 1 heteroatoms. The third-order valence-corrected chi connectivity index (χ3v) is 4.18. The van der Waals surface area contributed by atoms with Gasteiger partial charge in [-0.3, -0.25) is 0 Å². The van der Waals surface area contributed by atoms with Gasteiger partial charge in [0.05, 0.1) is 0 Å². The van der Waals surface area contributed by atoms with Crippen molar-refractivity contribution in [2.45, 2.75) is 63.7 Å². The highest BCUT2D eigenvalue weighted by Gasteiger charge is 2.20. The number of aromatic nitrogens is 1. The lowest BCUT2D eigenvalue weighted by atomic mass is 9.87. The molecular weight excluding hydrogens is 182 g/mol. The normalized spacial score (nSPS) is 22.7. The molecule has 1 heterocycles. The van der Waals surface area contributed by atoms with Crippen LogP contribution in [-0.4, -0.2) is 4.98 Å². The van der Waals surface area contributed by atoms with Gasteiger partial charge in [-0.05, 0) is 56.1 Å². The fraction of sp³-hybridized carbons (Fsp3) is 0.714. The SMILES string of the molecule is c1c(C2CCCCC2)[nH]c2c1CCCC2. The van der Waals surface area contributed by atoms with Crippen molar-refractivity contribution < 1.29 is 0 Å². The summed E-state index contributed by atoms with van der Waals surface area (Å²) in [6.45, 7) is 0. The maximum atomic E-state index is 3.70. The molecule has 0 aliphatic heterocycles. The molecule has 15 heavy (non-hydrogen) atoms. The quantitative estimate of drug-likeness (QED) is 0.711. The van der Waals surface area contributed by atoms with Crippen molar-refractivity contribution in [1.82, 2.24) is 4.98 Å². The van der Waals surface area contributed by atoms with Gasteiger partial charge in [0.1, 0.15) is 0 Å². The fourth-order valence-corrected chi connectivity index (χ4v) is 3.26. The molecule has 0 radical (unpaired) electrons. The van der Waals surface area contributed by atoms with E-state index < -0.39 is 0 Å². The Morgan fingerprint density at radius 3 is 2.53 bits per heavy atom. The van der Waals surface area contributed by atoms with Crippen molar-refractivity contribution in [3.05, 3.63) is 23.0 Å². The van der Waals surface area contributed by atoms with E-state index in [1.54, 1.807) is 17.0 Å². The van der Waals surface area contributed by atoms with Crippen molar-refractivity contribution >= 4 is 0 Å². The van der Waals surface area contributed by atoms with Crippen LogP contribution < -0.4 is 0 Å². The lowest BCUT2D eigenvalue weighted by Gasteiger charge is -2.20. The Balaban J connectivity index is 1.82. The van der Waals surface area contributed by atoms with Gasteiger partial charge in [-0.25, -0.2) is 0 Å². The summed E-state index contributed by atoms with van der Waals surface area (Å²) in [7, 11) is 0. The standard InChI is InChI=1S/C14H21N/c1-2-6-11(7-3-1)14-10-12-8-4-5-9-13(12)15-14/h10-11,15H,1-9H2. The van der Waals surface area contributed by atoms with E-state index in [9.17, 15) is 0 Å². The first-order valence-electron chi connectivity index (χ1n) is 6.64. The van der Waals surface area contributed by atoms with E-state index in [1.807, 2.05) is 0 Å². The number of aryl methyl sites for hydroxylation is 2. The highest BCUT2D eigenvalue weighted by Crippen LogP contribution is 2.34. The average molecular weight is 203 g/mol. The molecule has 82 valence electrons. The molecule has 1 aromatic rings. The maximum Gasteiger partial charge on any atom is 0.0183 e. The van der Waals surface area contributed by atoms with E-state index in [1.165, 1.54) is 57.8 Å². The third kappa shape index (κ3) is 1.84. The molecule has 3 rings (SSSR count). The topological polar surface area (TPSA) is 15.8 Å². The van der Waals surface area contributed by atoms with Crippen LogP contribution in [-0.2, 0) is 12.8 Å². The van der Waals surface area contributed by atoms with E-state index in [4.69, 9.17) is 0 Å². The monoisotopic (exact) mass is 203 g/mol. The number of H-pyrrole nitrogens is 1. The Hall–Kier alpha value is -0.720. The van der Waals surface area contributed by atoms with Crippen LogP contribution in [0, 0.1) is 0 Å². The van der Waals surface area contributed by atoms with Crippen LogP contribution in [0.25, 0.3) is 0 Å². The molecule has 1 fully saturated rings. The Labute approximate surface area is 92.3 Å². The lowest BCUT2D eigenvalue weighted by Crippen LogP contribution is -2.04. The Morgan fingerprint density at radius 1 is 0.933 bits per heavy atom. The zero-order valence-corrected chi connectivity index (χ0v) is 9.52. The molecular formula is C14H21N. The Bertz CT molecular complexity index is 308. The molecule has 1 saturated carbocycles. The second kappa shape index (κ2) is 4.03. The Kier molecular flexibility index (Phi) is 2.56. The molecule has 2 aliphatic rings. The van der Waals surface area contributed by atoms with Crippen LogP contribution in [0.15, 0.2) is 6.07 Å². The highest BCUT2D eigenvalue weighted by atomic mass is 14.7. The number of aromatic amines is 1. The number of rotatable bonds is 1. The van der Waals surface area contributed by atoms with Crippen LogP contribution in [0.5, 0.6) is 0 Å². The van der Waals surface area contributed by atoms with Crippen LogP contribution in [0.2, 0.25) is 0 Å². The second-order valence-corrected chi connectivity index (χ2v) is 5.27. The predicted octanol–water partition coefficient (Wildman–Crippen LogP) is 3.94. The van der Waals surface area contributed by atoms with Crippen LogP contribution >= 0.6 is 0 Å². The molecule has 1 nitrogen and oxygen atoms in total. The first-order chi connectivity index (χ1) is 7.43. The summed E-state index contributed by atoms with van der Waals surface area (Å²) < 4.78 is 0. The zero-order valence-electron chi connectivity index (χ0n) is 9.52. The van der Waals surface area contributed by atoms with Crippen molar-refractivity contribution in [2.24, 2.45) is 0 Å². The van der Waals surface area contributed by atoms with E-state index in [0.29, 0.717) is 0 Å². The summed E-state index contributed by atoms with van der Waals surface area (Å²) in [6.07, 6.45) is 12.6. The largest absolute Gasteiger partial charge is 0.362 e. The van der Waals surface area contributed by atoms with Gasteiger partial charge in [-0.1, -0.05) is 19.3 Å². The number of nitrogens with one attached hydrogen (secondary N) is 1. The second-order valence-electron chi connectivity index (χ2n) is 5.27. The predicted molar refractivity (Wildman–Crippen MR) is 63.3 cm³/mol. The van der Waals surface area contributed by atoms with Gasteiger partial charge in [0.2, 0.25) is 0 Å². The van der Waals surface area contributed by atoms with Gasteiger partial charge in [-0.15, -0.1) is 0 Å². The minimum absolute atomic E-state index is 0.851. The summed E-state index contributed by atoms with van der Waals surface area (Å²) in [5, 5.41) is 0. The van der Waals surface area contributed by atoms with Crippen LogP contribution in [0.4, 0.5) is 0 Å². The van der Waals surface area contributed by atoms with Gasteiger partial charge in [-0.2, -0.15) is 0 Å². The number of hydrogen-bond acceptors (Lipinski definition) is 0. The van der Waals surface area contributed by atoms with Crippen molar-refractivity contribution in [1.29, 1.82) is 0 Å². The van der Waals surface area contributed by atoms with Gasteiger partial charge >= 0.3 is 0 Å². The van der Waals surface area contributed by atoms with Gasteiger partial charge in [0.15, 0.2) is 0 Å². The number of fused-ring (bicyclic) bond motifs is 1. The van der Waals surface area contributed by atoms with E-state index in [-0.39, 0.29) is 0 Å². The van der Waals surface area contributed by atoms with Crippen molar-refractivity contribution in [3.63, 3.8) is 0 Å². The molecule has 0 atom stereocenters. The van der Waals surface area contributed by atoms with E-state index in [0.717, 1.165) is 5.92 Å². The Morgan fingerprint density at radius 2 is 1.73 bits per heavy atom. The van der Waals surface area contributed by atoms with E-state index >= 15 is 0 Å². The average Bonchev–Trinajstić information content (AvgIpc) is 2.74. The summed E-state index contributed by atoms with van der Waals surface area (Å²) >= 11 is 0. The molecule has 0 aromatic carbocycles. The van der Waals surface area contributed by atoms with Gasteiger partial charge in [0.25, 0.3) is 0 Å². The molecule has 0 amide bonds. The molecule has 0 spiro atoms. The molecule has 0 unspecified atom stereocenters. The molecule has 0 bridgehead atoms. The number of hydrogen-bond donors (Lipinski definition) is 1. The summed E-state index contributed by atoms with van der Waals surface area (Å²) in [6, 6.07) is 2.48. The zero-order chi connectivity index (χ0) is 10.1. The van der Waals surface area contributed by atoms with Gasteiger partial charge < -0.3 is 4.98 Å². The van der Waals surface area contributed by atoms with Crippen LogP contribution in [0.1, 0.15) is 67.8 Å². The molecule has 0 saturated heterocycles. The minimum atomic E-state index is 0.851. The summed E-state index contributed by atoms with van der Waals surface area (Å²) in [5.74, 6) is 0.851. The molecule has 2 aliphatic carbocycles. The fourth-order valence-electron chi connectivity index (χ4n) is 3.26. The lowest BCUT2D eigenvalue weighted by molar-refractivity contribution is 0.437. The first-order valence-corrected chi connectivity index (χ1v) is 6.64. The maximum absolute atomic E-state index is 3.70. The molecule has 1 N–H and O–H groups in total. The van der Waals surface area contributed by atoms with Crippen LogP contribution in [0.3, 0.4) is 0 Å². The molecule has 1 aromatic heterocycles. The minimum Gasteiger partial charge on any atom is -0.362 e. The third-order valence-electron chi connectivity index (χ3n) is 4.18. The first kappa shape index (κ1) is 9.50. The highest BCUT2D eigenvalue weighted by molar-refractivity contribution is 5.30.